The third kappa shape index (κ3) is 6.61. The molecule has 3 nitrogen and oxygen atoms in total. The highest BCUT2D eigenvalue weighted by atomic mass is 35.5. The largest absolute Gasteiger partial charge is 0.399 e. The molecule has 2 atom stereocenters. The van der Waals surface area contributed by atoms with Gasteiger partial charge in [0, 0.05) is 16.8 Å². The first-order valence-electron chi connectivity index (χ1n) is 10.5. The lowest BCUT2D eigenvalue weighted by Gasteiger charge is -2.18. The molecular weight excluding hydrogens is 484 g/mol. The summed E-state index contributed by atoms with van der Waals surface area (Å²) in [5, 5.41) is 3.51. The van der Waals surface area contributed by atoms with E-state index in [0.29, 0.717) is 27.4 Å². The molecule has 0 aliphatic carbocycles. The zero-order valence-electron chi connectivity index (χ0n) is 18.8. The molecular formula is C26H23Cl2F3N2O. The molecule has 0 saturated heterocycles. The Balaban J connectivity index is 1.79. The van der Waals surface area contributed by atoms with Crippen molar-refractivity contribution in [1.29, 1.82) is 0 Å². The summed E-state index contributed by atoms with van der Waals surface area (Å²) < 4.78 is 41.2. The Morgan fingerprint density at radius 1 is 1.03 bits per heavy atom. The van der Waals surface area contributed by atoms with Gasteiger partial charge in [0.15, 0.2) is 0 Å². The lowest BCUT2D eigenvalue weighted by Crippen LogP contribution is -2.27. The van der Waals surface area contributed by atoms with Crippen LogP contribution < -0.4 is 5.32 Å². The number of pyridine rings is 1. The summed E-state index contributed by atoms with van der Waals surface area (Å²) in [6.07, 6.45) is -0.373. The number of alkyl halides is 3. The zero-order chi connectivity index (χ0) is 25.0. The first-order chi connectivity index (χ1) is 15.9. The van der Waals surface area contributed by atoms with Crippen LogP contribution in [0.2, 0.25) is 10.2 Å². The van der Waals surface area contributed by atoms with Crippen LogP contribution in [0, 0.1) is 13.8 Å². The van der Waals surface area contributed by atoms with Crippen LogP contribution in [-0.4, -0.2) is 17.1 Å². The van der Waals surface area contributed by atoms with Crippen LogP contribution in [0.25, 0.3) is 6.08 Å². The Morgan fingerprint density at radius 2 is 1.76 bits per heavy atom. The molecule has 0 radical (unpaired) electrons. The minimum atomic E-state index is -4.48. The third-order valence-electron chi connectivity index (χ3n) is 5.35. The van der Waals surface area contributed by atoms with Gasteiger partial charge in [-0.15, -0.1) is 0 Å². The van der Waals surface area contributed by atoms with Crippen molar-refractivity contribution in [3.63, 3.8) is 0 Å². The molecule has 8 heteroatoms. The van der Waals surface area contributed by atoms with Crippen LogP contribution in [0.4, 0.5) is 13.2 Å². The molecule has 0 fully saturated rings. The molecule has 1 N–H and O–H groups in total. The van der Waals surface area contributed by atoms with E-state index in [4.69, 9.17) is 23.2 Å². The van der Waals surface area contributed by atoms with Crippen LogP contribution in [0.15, 0.2) is 60.8 Å². The average molecular weight is 507 g/mol. The van der Waals surface area contributed by atoms with E-state index in [-0.39, 0.29) is 22.5 Å². The summed E-state index contributed by atoms with van der Waals surface area (Å²) in [5.74, 6) is -2.10. The Bertz CT molecular complexity index is 1190. The van der Waals surface area contributed by atoms with E-state index in [9.17, 15) is 18.0 Å². The first kappa shape index (κ1) is 25.8. The minimum Gasteiger partial charge on any atom is -0.345 e. The van der Waals surface area contributed by atoms with Crippen LogP contribution >= 0.6 is 23.2 Å². The topological polar surface area (TPSA) is 42.0 Å². The van der Waals surface area contributed by atoms with Crippen LogP contribution in [0.3, 0.4) is 0 Å². The molecule has 3 rings (SSSR count). The van der Waals surface area contributed by atoms with Crippen LogP contribution in [0.5, 0.6) is 0 Å². The van der Waals surface area contributed by atoms with Gasteiger partial charge in [0.05, 0.1) is 12.0 Å². The zero-order valence-corrected chi connectivity index (χ0v) is 20.3. The van der Waals surface area contributed by atoms with Gasteiger partial charge in [-0.05, 0) is 72.9 Å². The van der Waals surface area contributed by atoms with Gasteiger partial charge in [-0.2, -0.15) is 13.2 Å². The van der Waals surface area contributed by atoms with Crippen molar-refractivity contribution in [3.8, 4) is 0 Å². The van der Waals surface area contributed by atoms with E-state index in [1.807, 2.05) is 6.92 Å². The number of carbonyl (C=O) groups is 1. The number of hydrogen-bond donors (Lipinski definition) is 1. The van der Waals surface area contributed by atoms with Gasteiger partial charge in [-0.3, -0.25) is 4.79 Å². The Hall–Kier alpha value is -2.83. The van der Waals surface area contributed by atoms with Crippen molar-refractivity contribution in [2.24, 2.45) is 0 Å². The molecule has 178 valence electrons. The fraction of sp³-hybridized carbons (Fsp3) is 0.231. The lowest BCUT2D eigenvalue weighted by atomic mass is 9.95. The number of aromatic nitrogens is 1. The van der Waals surface area contributed by atoms with Gasteiger partial charge in [0.2, 0.25) is 0 Å². The number of halogens is 5. The maximum Gasteiger partial charge on any atom is 0.399 e. The molecule has 0 aliphatic rings. The highest BCUT2D eigenvalue weighted by Gasteiger charge is 2.39. The van der Waals surface area contributed by atoms with Gasteiger partial charge in [0.25, 0.3) is 5.91 Å². The van der Waals surface area contributed by atoms with Gasteiger partial charge in [0.1, 0.15) is 5.15 Å². The van der Waals surface area contributed by atoms with E-state index in [2.05, 4.69) is 10.3 Å². The molecule has 1 amide bonds. The highest BCUT2D eigenvalue weighted by Crippen LogP contribution is 2.37. The first-order valence-corrected chi connectivity index (χ1v) is 11.2. The quantitative estimate of drug-likeness (QED) is 0.345. The summed E-state index contributed by atoms with van der Waals surface area (Å²) in [5.41, 5.74) is 3.15. The Kier molecular flexibility index (Phi) is 8.05. The molecule has 1 aromatic heterocycles. The summed E-state index contributed by atoms with van der Waals surface area (Å²) >= 11 is 11.8. The van der Waals surface area contributed by atoms with E-state index in [1.165, 1.54) is 18.2 Å². The molecule has 2 aromatic carbocycles. The van der Waals surface area contributed by atoms with Crippen LogP contribution in [-0.2, 0) is 0 Å². The summed E-state index contributed by atoms with van der Waals surface area (Å²) in [7, 11) is 0. The molecule has 3 aromatic rings. The molecule has 0 bridgehead atoms. The van der Waals surface area contributed by atoms with Crippen molar-refractivity contribution in [2.45, 2.75) is 38.9 Å². The number of nitrogens with one attached hydrogen (secondary N) is 1. The van der Waals surface area contributed by atoms with Gasteiger partial charge < -0.3 is 5.32 Å². The van der Waals surface area contributed by atoms with E-state index in [0.717, 1.165) is 11.6 Å². The Morgan fingerprint density at radius 3 is 2.35 bits per heavy atom. The fourth-order valence-corrected chi connectivity index (χ4v) is 4.02. The van der Waals surface area contributed by atoms with E-state index < -0.39 is 12.1 Å². The molecule has 0 saturated carbocycles. The third-order valence-corrected chi connectivity index (χ3v) is 5.79. The molecule has 0 spiro atoms. The maximum atomic E-state index is 13.7. The predicted molar refractivity (Wildman–Crippen MR) is 130 cm³/mol. The monoisotopic (exact) mass is 506 g/mol. The van der Waals surface area contributed by atoms with Crippen molar-refractivity contribution in [2.75, 3.05) is 0 Å². The second kappa shape index (κ2) is 10.6. The number of amides is 1. The minimum absolute atomic E-state index is 0.0761. The normalized spacial score (nSPS) is 13.6. The predicted octanol–water partition coefficient (Wildman–Crippen LogP) is 7.86. The number of hydrogen-bond acceptors (Lipinski definition) is 2. The Labute approximate surface area is 206 Å². The number of aryl methyl sites for hydroxylation is 2. The SMILES string of the molecule is Cc1cc(Cl)cc(C(/C=C/c2ccc(C(=O)NC(C)c3ccc(Cl)nc3)c(C)c2)C(F)(F)F)c1. The number of allylic oxidation sites excluding steroid dienone is 1. The molecule has 2 unspecified atom stereocenters. The molecule has 1 heterocycles. The molecule has 0 aliphatic heterocycles. The maximum absolute atomic E-state index is 13.7. The lowest BCUT2D eigenvalue weighted by molar-refractivity contribution is -0.139. The number of carbonyl (C=O) groups excluding carboxylic acids is 1. The van der Waals surface area contributed by atoms with E-state index >= 15 is 0 Å². The summed E-state index contributed by atoms with van der Waals surface area (Å²) in [6, 6.07) is 12.4. The van der Waals surface area contributed by atoms with Gasteiger partial charge in [-0.25, -0.2) is 4.98 Å². The standard InChI is InChI=1S/C26H23Cl2F3N2O/c1-15-10-20(13-21(27)11-15)23(26(29,30)31)8-5-18-4-7-22(16(2)12-18)25(34)33-17(3)19-6-9-24(28)32-14-19/h4-14,17,23H,1-3H3,(H,33,34)/b8-5+. The van der Waals surface area contributed by atoms with E-state index in [1.54, 1.807) is 56.4 Å². The van der Waals surface area contributed by atoms with Crippen molar-refractivity contribution >= 4 is 35.2 Å². The molecule has 34 heavy (non-hydrogen) atoms. The highest BCUT2D eigenvalue weighted by molar-refractivity contribution is 6.30. The second-order valence-electron chi connectivity index (χ2n) is 8.12. The average Bonchev–Trinajstić information content (AvgIpc) is 2.72. The smallest absolute Gasteiger partial charge is 0.345 e. The fourth-order valence-electron chi connectivity index (χ4n) is 3.61. The van der Waals surface area contributed by atoms with Gasteiger partial charge in [-0.1, -0.05) is 59.6 Å². The van der Waals surface area contributed by atoms with Crippen molar-refractivity contribution < 1.29 is 18.0 Å². The number of nitrogens with zero attached hydrogens (tertiary/aromatic N) is 1. The summed E-state index contributed by atoms with van der Waals surface area (Å²) in [4.78, 5) is 16.7. The van der Waals surface area contributed by atoms with Crippen LogP contribution in [0.1, 0.15) is 57.1 Å². The summed E-state index contributed by atoms with van der Waals surface area (Å²) in [6.45, 7) is 5.26. The van der Waals surface area contributed by atoms with Crippen molar-refractivity contribution in [1.82, 2.24) is 10.3 Å². The number of rotatable bonds is 6. The number of benzene rings is 2. The second-order valence-corrected chi connectivity index (χ2v) is 8.95. The van der Waals surface area contributed by atoms with Gasteiger partial charge >= 0.3 is 6.18 Å². The van der Waals surface area contributed by atoms with Crippen molar-refractivity contribution in [3.05, 3.63) is 104 Å².